The molecule has 0 heterocycles. The van der Waals surface area contributed by atoms with Crippen molar-refractivity contribution in [2.45, 2.75) is 33.5 Å². The highest BCUT2D eigenvalue weighted by Crippen LogP contribution is 2.58. The molecule has 0 saturated heterocycles. The van der Waals surface area contributed by atoms with Crippen molar-refractivity contribution in [3.8, 4) is 0 Å². The lowest BCUT2D eigenvalue weighted by Crippen LogP contribution is -2.47. The van der Waals surface area contributed by atoms with Gasteiger partial charge in [-0.25, -0.2) is 0 Å². The molecule has 3 aliphatic rings. The molecule has 2 bridgehead atoms. The molecule has 1 fully saturated rings. The van der Waals surface area contributed by atoms with Crippen LogP contribution in [-0.4, -0.2) is 0 Å². The Morgan fingerprint density at radius 2 is 2.60 bits per heavy atom. The van der Waals surface area contributed by atoms with E-state index in [1.165, 1.54) is 5.57 Å². The van der Waals surface area contributed by atoms with Crippen LogP contribution >= 0.6 is 0 Å². The van der Waals surface area contributed by atoms with E-state index < -0.39 is 12.3 Å². The fourth-order valence-corrected chi connectivity index (χ4v) is 2.37. The van der Waals surface area contributed by atoms with Crippen LogP contribution in [0.15, 0.2) is 11.6 Å². The average Bonchev–Trinajstić information content (AvgIpc) is 2.00. The van der Waals surface area contributed by atoms with Gasteiger partial charge in [0, 0.05) is 4.11 Å². The summed E-state index contributed by atoms with van der Waals surface area (Å²) in [6.07, 6.45) is 4.28. The maximum Gasteiger partial charge on any atom is 0.0236 e. The van der Waals surface area contributed by atoms with Gasteiger partial charge in [0.05, 0.1) is 0 Å². The molecule has 10 heavy (non-hydrogen) atoms. The summed E-state index contributed by atoms with van der Waals surface area (Å²) in [7, 11) is 0. The molecule has 0 spiro atoms. The Balaban J connectivity index is 2.34. The summed E-state index contributed by atoms with van der Waals surface area (Å²) in [4.78, 5) is 0. The van der Waals surface area contributed by atoms with Crippen LogP contribution in [0.4, 0.5) is 0 Å². The topological polar surface area (TPSA) is 0 Å². The van der Waals surface area contributed by atoms with Crippen LogP contribution in [0.3, 0.4) is 0 Å². The maximum absolute atomic E-state index is 7.58. The van der Waals surface area contributed by atoms with Gasteiger partial charge in [0.2, 0.25) is 0 Å². The highest BCUT2D eigenvalue weighted by atomic mass is 14.5. The lowest BCUT2D eigenvalue weighted by atomic mass is 9.49. The van der Waals surface area contributed by atoms with Crippen LogP contribution in [0.1, 0.15) is 37.7 Å². The van der Waals surface area contributed by atoms with Crippen LogP contribution in [0.25, 0.3) is 0 Å². The summed E-state index contributed by atoms with van der Waals surface area (Å²) in [5, 5.41) is 0. The summed E-state index contributed by atoms with van der Waals surface area (Å²) in [6.45, 7) is 2.23. The van der Waals surface area contributed by atoms with E-state index in [2.05, 4.69) is 13.0 Å². The van der Waals surface area contributed by atoms with Gasteiger partial charge in [0.25, 0.3) is 0 Å². The van der Waals surface area contributed by atoms with Crippen LogP contribution in [-0.2, 0) is 0 Å². The minimum atomic E-state index is -1.78. The molecule has 0 radical (unpaired) electrons. The third-order valence-corrected chi connectivity index (χ3v) is 3.37. The summed E-state index contributed by atoms with van der Waals surface area (Å²) in [5.74, 6) is 0.715. The summed E-state index contributed by atoms with van der Waals surface area (Å²) in [5.41, 5.74) is 0.868. The number of hydrogen-bond acceptors (Lipinski definition) is 0. The first-order valence-corrected chi connectivity index (χ1v) is 4.04. The van der Waals surface area contributed by atoms with Crippen molar-refractivity contribution in [3.63, 3.8) is 0 Å². The van der Waals surface area contributed by atoms with E-state index in [1.54, 1.807) is 0 Å². The molecule has 0 N–H and O–H groups in total. The molecule has 56 valence electrons. The standard InChI is InChI=1S/C10H16/c1-7-4-5-8-6-9(7)10(8,2)3/h4,8-9H,5-6H2,1-3H3/t8-,9-/m1/s1/i2D3/t8-,9-,10?. The molecule has 0 aromatic rings. The van der Waals surface area contributed by atoms with E-state index >= 15 is 0 Å². The predicted molar refractivity (Wildman–Crippen MR) is 43.8 cm³/mol. The highest BCUT2D eigenvalue weighted by molar-refractivity contribution is 5.21. The van der Waals surface area contributed by atoms with Gasteiger partial charge >= 0.3 is 0 Å². The zero-order valence-corrected chi connectivity index (χ0v) is 6.65. The number of rotatable bonds is 0. The predicted octanol–water partition coefficient (Wildman–Crippen LogP) is 3.00. The molecule has 0 heteroatoms. The van der Waals surface area contributed by atoms with Crippen molar-refractivity contribution in [2.24, 2.45) is 17.3 Å². The molecule has 0 aliphatic heterocycles. The van der Waals surface area contributed by atoms with Gasteiger partial charge in [0.15, 0.2) is 0 Å². The Morgan fingerprint density at radius 1 is 1.80 bits per heavy atom. The number of fused-ring (bicyclic) bond motifs is 1. The van der Waals surface area contributed by atoms with Crippen molar-refractivity contribution in [1.29, 1.82) is 0 Å². The molecule has 3 atom stereocenters. The first-order valence-electron chi connectivity index (χ1n) is 5.54. The van der Waals surface area contributed by atoms with Crippen molar-refractivity contribution < 1.29 is 4.11 Å². The maximum atomic E-state index is 7.58. The fraction of sp³-hybridized carbons (Fsp3) is 0.800. The van der Waals surface area contributed by atoms with E-state index in [9.17, 15) is 0 Å². The molecular weight excluding hydrogens is 120 g/mol. The van der Waals surface area contributed by atoms with Gasteiger partial charge in [0.1, 0.15) is 0 Å². The SMILES string of the molecule is [2H]C([2H])([2H])C1(C)[C@@H]2CC=C(C)[C@H]1C2. The molecule has 3 rings (SSSR count). The lowest BCUT2D eigenvalue weighted by molar-refractivity contribution is -0.00579. The number of allylic oxidation sites excluding steroid dienone is 2. The van der Waals surface area contributed by atoms with Crippen LogP contribution in [0.5, 0.6) is 0 Å². The van der Waals surface area contributed by atoms with Gasteiger partial charge in [-0.1, -0.05) is 25.4 Å². The zero-order chi connectivity index (χ0) is 9.85. The first kappa shape index (κ1) is 3.94. The summed E-state index contributed by atoms with van der Waals surface area (Å²) in [6, 6.07) is 0. The molecule has 3 aliphatic carbocycles. The minimum Gasteiger partial charge on any atom is -0.0850 e. The Kier molecular flexibility index (Phi) is 0.656. The molecule has 0 amide bonds. The van der Waals surface area contributed by atoms with Crippen molar-refractivity contribution >= 4 is 0 Å². The third kappa shape index (κ3) is 0.574. The normalized spacial score (nSPS) is 57.4. The average molecular weight is 139 g/mol. The van der Waals surface area contributed by atoms with E-state index in [0.717, 1.165) is 12.8 Å². The van der Waals surface area contributed by atoms with Crippen molar-refractivity contribution in [1.82, 2.24) is 0 Å². The molecule has 1 unspecified atom stereocenters. The molecule has 0 aromatic carbocycles. The van der Waals surface area contributed by atoms with Crippen LogP contribution in [0.2, 0.25) is 0 Å². The minimum absolute atomic E-state index is 0.318. The van der Waals surface area contributed by atoms with E-state index in [0.29, 0.717) is 11.8 Å². The second-order valence-corrected chi connectivity index (χ2v) is 3.95. The molecular formula is C10H16. The second-order valence-electron chi connectivity index (χ2n) is 3.95. The van der Waals surface area contributed by atoms with Crippen molar-refractivity contribution in [3.05, 3.63) is 11.6 Å². The molecule has 1 saturated carbocycles. The Labute approximate surface area is 67.5 Å². The Morgan fingerprint density at radius 3 is 3.00 bits per heavy atom. The zero-order valence-electron chi connectivity index (χ0n) is 9.65. The quantitative estimate of drug-likeness (QED) is 0.452. The van der Waals surface area contributed by atoms with Crippen LogP contribution < -0.4 is 0 Å². The van der Waals surface area contributed by atoms with Gasteiger partial charge in [-0.05, 0) is 37.0 Å². The molecule has 0 nitrogen and oxygen atoms in total. The van der Waals surface area contributed by atoms with Gasteiger partial charge < -0.3 is 0 Å². The smallest absolute Gasteiger partial charge is 0.0236 e. The summed E-state index contributed by atoms with van der Waals surface area (Å²) >= 11 is 0. The van der Waals surface area contributed by atoms with Gasteiger partial charge in [-0.15, -0.1) is 0 Å². The van der Waals surface area contributed by atoms with Gasteiger partial charge in [-0.2, -0.15) is 0 Å². The second kappa shape index (κ2) is 1.66. The Hall–Kier alpha value is -0.260. The lowest BCUT2D eigenvalue weighted by Gasteiger charge is -2.56. The monoisotopic (exact) mass is 139 g/mol. The van der Waals surface area contributed by atoms with Crippen molar-refractivity contribution in [2.75, 3.05) is 0 Å². The summed E-state index contributed by atoms with van der Waals surface area (Å²) < 4.78 is 22.7. The molecule has 0 aromatic heterocycles. The van der Waals surface area contributed by atoms with Crippen LogP contribution in [0, 0.1) is 17.3 Å². The third-order valence-electron chi connectivity index (χ3n) is 3.37. The number of hydrogen-bond donors (Lipinski definition) is 0. The van der Waals surface area contributed by atoms with E-state index in [-0.39, 0.29) is 0 Å². The first-order chi connectivity index (χ1) is 5.87. The largest absolute Gasteiger partial charge is 0.0850 e. The Bertz CT molecular complexity index is 264. The highest BCUT2D eigenvalue weighted by Gasteiger charge is 2.49. The fourth-order valence-electron chi connectivity index (χ4n) is 2.37. The van der Waals surface area contributed by atoms with Gasteiger partial charge in [-0.3, -0.25) is 0 Å². The van der Waals surface area contributed by atoms with E-state index in [4.69, 9.17) is 4.11 Å². The van der Waals surface area contributed by atoms with E-state index in [1.807, 2.05) is 6.92 Å².